The first-order chi connectivity index (χ1) is 5.88. The molecule has 0 rings (SSSR count). The molecule has 0 aromatic heterocycles. The van der Waals surface area contributed by atoms with Crippen LogP contribution in [0.5, 0.6) is 0 Å². The Bertz CT molecular complexity index is 204. The van der Waals surface area contributed by atoms with E-state index in [4.69, 9.17) is 0 Å². The summed E-state index contributed by atoms with van der Waals surface area (Å²) < 4.78 is 0. The third kappa shape index (κ3) is 5.33. The van der Waals surface area contributed by atoms with Crippen molar-refractivity contribution in [3.8, 4) is 0 Å². The zero-order valence-corrected chi connectivity index (χ0v) is 8.83. The highest BCUT2D eigenvalue weighted by Crippen LogP contribution is 2.20. The van der Waals surface area contributed by atoms with Crippen LogP contribution in [0.2, 0.25) is 0 Å². The molecule has 4 nitrogen and oxygen atoms in total. The minimum atomic E-state index is -0.601. The summed E-state index contributed by atoms with van der Waals surface area (Å²) in [5.41, 5.74) is 0.488. The molecule has 0 amide bonds. The summed E-state index contributed by atoms with van der Waals surface area (Å²) >= 11 is 0. The van der Waals surface area contributed by atoms with Crippen molar-refractivity contribution < 1.29 is 5.03 Å². The molecule has 0 atom stereocenters. The van der Waals surface area contributed by atoms with E-state index in [0.29, 0.717) is 5.71 Å². The van der Waals surface area contributed by atoms with E-state index < -0.39 is 5.03 Å². The highest BCUT2D eigenvalue weighted by atomic mass is 16.7. The molecule has 76 valence electrons. The summed E-state index contributed by atoms with van der Waals surface area (Å²) in [5.74, 6) is 0. The van der Waals surface area contributed by atoms with E-state index >= 15 is 0 Å². The maximum Gasteiger partial charge on any atom is 0.190 e. The molecule has 0 saturated heterocycles. The van der Waals surface area contributed by atoms with Crippen LogP contribution in [0.4, 0.5) is 0 Å². The van der Waals surface area contributed by atoms with Gasteiger partial charge in [-0.15, -0.1) is 0 Å². The van der Waals surface area contributed by atoms with Gasteiger partial charge in [0, 0.05) is 5.41 Å². The van der Waals surface area contributed by atoms with Gasteiger partial charge in [0.1, 0.15) is 0 Å². The van der Waals surface area contributed by atoms with E-state index in [1.807, 2.05) is 20.8 Å². The van der Waals surface area contributed by atoms with E-state index in [1.54, 1.807) is 0 Å². The van der Waals surface area contributed by atoms with Crippen molar-refractivity contribution in [2.24, 2.45) is 10.5 Å². The van der Waals surface area contributed by atoms with Crippen molar-refractivity contribution in [1.82, 2.24) is 0 Å². The van der Waals surface area contributed by atoms with Crippen molar-refractivity contribution in [2.45, 2.75) is 47.0 Å². The van der Waals surface area contributed by atoms with Crippen molar-refractivity contribution in [3.63, 3.8) is 0 Å². The molecule has 0 heterocycles. The molecule has 0 bridgehead atoms. The van der Waals surface area contributed by atoms with E-state index in [-0.39, 0.29) is 5.41 Å². The van der Waals surface area contributed by atoms with Crippen LogP contribution in [0.1, 0.15) is 47.0 Å². The van der Waals surface area contributed by atoms with Crippen molar-refractivity contribution in [1.29, 1.82) is 0 Å². The van der Waals surface area contributed by atoms with Gasteiger partial charge in [0.25, 0.3) is 0 Å². The first-order valence-electron chi connectivity index (χ1n) is 4.60. The molecule has 0 fully saturated rings. The lowest BCUT2D eigenvalue weighted by Gasteiger charge is -2.18. The van der Waals surface area contributed by atoms with Gasteiger partial charge in [-0.3, -0.25) is 0 Å². The number of hydrazone groups is 1. The number of nitro groups is 1. The molecule has 0 spiro atoms. The number of rotatable bonds is 4. The Kier molecular flexibility index (Phi) is 4.59. The Labute approximate surface area is 79.2 Å². The van der Waals surface area contributed by atoms with Crippen molar-refractivity contribution in [2.75, 3.05) is 0 Å². The van der Waals surface area contributed by atoms with Crippen molar-refractivity contribution in [3.05, 3.63) is 10.1 Å². The Morgan fingerprint density at radius 1 is 1.46 bits per heavy atom. The van der Waals surface area contributed by atoms with Gasteiger partial charge in [-0.1, -0.05) is 34.1 Å². The Hall–Kier alpha value is -0.930. The lowest BCUT2D eigenvalue weighted by molar-refractivity contribution is -0.485. The Balaban J connectivity index is 4.47. The molecule has 0 aliphatic carbocycles. The van der Waals surface area contributed by atoms with Gasteiger partial charge < -0.3 is 0 Å². The summed E-state index contributed by atoms with van der Waals surface area (Å²) in [6, 6.07) is 0. The normalized spacial score (nSPS) is 13.1. The van der Waals surface area contributed by atoms with Crippen LogP contribution in [0.3, 0.4) is 0 Å². The van der Waals surface area contributed by atoms with E-state index in [1.165, 1.54) is 0 Å². The minimum absolute atomic E-state index is 0.192. The summed E-state index contributed by atoms with van der Waals surface area (Å²) in [6.07, 6.45) is 2.72. The maximum absolute atomic E-state index is 10.2. The third-order valence-corrected chi connectivity index (χ3v) is 1.84. The fraction of sp³-hybridized carbons (Fsp3) is 0.889. The standard InChI is InChI=1S/C9H18N2O2/c1-5-6-7-8(9(2,3)4)10-11(12)13/h5-7H2,1-4H3/b10-8+. The molecule has 0 aromatic carbocycles. The maximum atomic E-state index is 10.2. The molecular formula is C9H18N2O2. The first-order valence-corrected chi connectivity index (χ1v) is 4.60. The van der Waals surface area contributed by atoms with Gasteiger partial charge >= 0.3 is 0 Å². The second-order valence-electron chi connectivity index (χ2n) is 4.14. The van der Waals surface area contributed by atoms with Crippen LogP contribution >= 0.6 is 0 Å². The molecular weight excluding hydrogens is 168 g/mol. The van der Waals surface area contributed by atoms with E-state index in [9.17, 15) is 10.1 Å². The fourth-order valence-electron chi connectivity index (χ4n) is 1.02. The molecule has 0 radical (unpaired) electrons. The molecule has 0 unspecified atom stereocenters. The zero-order valence-electron chi connectivity index (χ0n) is 8.83. The molecule has 0 aliphatic heterocycles. The molecule has 0 N–H and O–H groups in total. The summed E-state index contributed by atoms with van der Waals surface area (Å²) in [7, 11) is 0. The second-order valence-corrected chi connectivity index (χ2v) is 4.14. The number of unbranched alkanes of at least 4 members (excludes halogenated alkanes) is 1. The van der Waals surface area contributed by atoms with Gasteiger partial charge in [-0.05, 0) is 12.8 Å². The van der Waals surface area contributed by atoms with Crippen LogP contribution in [0.25, 0.3) is 0 Å². The highest BCUT2D eigenvalue weighted by Gasteiger charge is 2.21. The summed E-state index contributed by atoms with van der Waals surface area (Å²) in [6.45, 7) is 7.91. The van der Waals surface area contributed by atoms with Crippen molar-refractivity contribution >= 4 is 5.71 Å². The number of nitrogens with zero attached hydrogens (tertiary/aromatic N) is 2. The lowest BCUT2D eigenvalue weighted by atomic mass is 9.87. The first kappa shape index (κ1) is 12.1. The minimum Gasteiger partial charge on any atom is -0.233 e. The van der Waals surface area contributed by atoms with Crippen LogP contribution in [0, 0.1) is 15.5 Å². The SMILES string of the molecule is CCCC/C(=N\[N+](=O)[O-])C(C)(C)C. The van der Waals surface area contributed by atoms with Crippen LogP contribution in [0.15, 0.2) is 5.10 Å². The van der Waals surface area contributed by atoms with Crippen LogP contribution in [-0.2, 0) is 0 Å². The molecule has 0 aliphatic rings. The molecule has 0 saturated carbocycles. The Morgan fingerprint density at radius 2 is 2.00 bits per heavy atom. The van der Waals surface area contributed by atoms with Gasteiger partial charge in [-0.2, -0.15) is 0 Å². The monoisotopic (exact) mass is 186 g/mol. The predicted molar refractivity (Wildman–Crippen MR) is 53.4 cm³/mol. The topological polar surface area (TPSA) is 55.5 Å². The largest absolute Gasteiger partial charge is 0.233 e. The number of hydrogen-bond acceptors (Lipinski definition) is 2. The zero-order chi connectivity index (χ0) is 10.5. The second kappa shape index (κ2) is 4.94. The van der Waals surface area contributed by atoms with Gasteiger partial charge in [0.05, 0.1) is 10.8 Å². The van der Waals surface area contributed by atoms with Gasteiger partial charge in [0.15, 0.2) is 5.03 Å². The summed E-state index contributed by atoms with van der Waals surface area (Å²) in [5, 5.41) is 13.1. The fourth-order valence-corrected chi connectivity index (χ4v) is 1.02. The lowest BCUT2D eigenvalue weighted by Crippen LogP contribution is -2.21. The third-order valence-electron chi connectivity index (χ3n) is 1.84. The predicted octanol–water partition coefficient (Wildman–Crippen LogP) is 2.86. The van der Waals surface area contributed by atoms with Crippen LogP contribution < -0.4 is 0 Å². The molecule has 0 aromatic rings. The quantitative estimate of drug-likeness (QED) is 0.385. The Morgan fingerprint density at radius 3 is 2.31 bits per heavy atom. The average molecular weight is 186 g/mol. The van der Waals surface area contributed by atoms with Gasteiger partial charge in [-0.25, -0.2) is 10.1 Å². The van der Waals surface area contributed by atoms with E-state index in [2.05, 4.69) is 12.0 Å². The van der Waals surface area contributed by atoms with Crippen LogP contribution in [-0.4, -0.2) is 10.7 Å². The summed E-state index contributed by atoms with van der Waals surface area (Å²) in [4.78, 5) is 10.2. The average Bonchev–Trinajstić information content (AvgIpc) is 1.95. The highest BCUT2D eigenvalue weighted by molar-refractivity contribution is 5.88. The van der Waals surface area contributed by atoms with E-state index in [0.717, 1.165) is 19.3 Å². The smallest absolute Gasteiger partial charge is 0.190 e. The molecule has 4 heteroatoms. The molecule has 13 heavy (non-hydrogen) atoms. The number of hydrogen-bond donors (Lipinski definition) is 0. The van der Waals surface area contributed by atoms with Gasteiger partial charge in [0.2, 0.25) is 0 Å².